The summed E-state index contributed by atoms with van der Waals surface area (Å²) in [4.78, 5) is 84.6. The van der Waals surface area contributed by atoms with E-state index in [1.54, 1.807) is 44.7 Å². The number of hydrogen-bond donors (Lipinski definition) is 2. The number of methoxy groups -OCH3 is 2. The molecule has 1 aliphatic rings. The Morgan fingerprint density at radius 3 is 1.68 bits per heavy atom. The molecule has 1 aromatic rings. The fourth-order valence-corrected chi connectivity index (χ4v) is 8.35. The molecule has 0 spiro atoms. The second kappa shape index (κ2) is 32.8. The van der Waals surface area contributed by atoms with E-state index in [2.05, 4.69) is 15.4 Å². The molecule has 2 N–H and O–H groups in total. The van der Waals surface area contributed by atoms with Gasteiger partial charge in [0.25, 0.3) is 0 Å². The number of likely N-dealkylation sites (N-methyl/N-ethyl adjacent to an activating group) is 2. The molecule has 0 aliphatic carbocycles. The first kappa shape index (κ1) is 65.5. The van der Waals surface area contributed by atoms with E-state index in [0.717, 1.165) is 6.42 Å². The maximum absolute atomic E-state index is 14.4. The molecule has 74 heavy (non-hydrogen) atoms. The molecule has 0 aromatic heterocycles. The van der Waals surface area contributed by atoms with Gasteiger partial charge in [-0.05, 0) is 38.5 Å². The van der Waals surface area contributed by atoms with Crippen LogP contribution in [0.1, 0.15) is 87.0 Å². The average Bonchev–Trinajstić information content (AvgIpc) is 3.87. The van der Waals surface area contributed by atoms with E-state index in [9.17, 15) is 50.7 Å². The van der Waals surface area contributed by atoms with Crippen molar-refractivity contribution in [1.29, 1.82) is 0 Å². The smallest absolute Gasteiger partial charge is 0.313 e. The Bertz CT molecular complexity index is 1940. The third-order valence-electron chi connectivity index (χ3n) is 13.3. The van der Waals surface area contributed by atoms with E-state index >= 15 is 0 Å². The lowest BCUT2D eigenvalue weighted by atomic mass is 9.89. The van der Waals surface area contributed by atoms with Crippen LogP contribution >= 0.6 is 0 Å². The van der Waals surface area contributed by atoms with Crippen LogP contribution in [0.25, 0.3) is 0 Å². The van der Waals surface area contributed by atoms with Gasteiger partial charge in [-0.1, -0.05) is 41.0 Å². The Balaban J connectivity index is 1.75. The number of hydrogen-bond acceptors (Lipinski definition) is 14. The van der Waals surface area contributed by atoms with Gasteiger partial charge < -0.3 is 63.2 Å². The van der Waals surface area contributed by atoms with Crippen molar-refractivity contribution < 1.29 is 88.6 Å². The number of carbonyl (C=O) groups is 6. The summed E-state index contributed by atoms with van der Waals surface area (Å²) in [5.74, 6) is -16.9. The van der Waals surface area contributed by atoms with E-state index in [0.29, 0.717) is 19.4 Å². The third-order valence-corrected chi connectivity index (χ3v) is 13.3. The standard InChI is InChI=1S/C50H80F5N5O14/c1-13-31(4)44(34(67-11)29-36(62)60-18-14-15-33(60)45(68-12)32(5)47(64)56-8)58(9)48(65)43(30(2)3)57-49(66)50(6,7)59(10)35(61)16-19-69-21-23-71-25-27-73-28-26-72-24-22-70-20-17-37(63)74-46-41(54)39(52)38(51)40(53)42(46)55/h30-34,43-45H,13-29H2,1-12H3,(H,56,64)(H,57,66)/t31-,32+,33-,34+,43-,44-,45+/m0/s1. The summed E-state index contributed by atoms with van der Waals surface area (Å²) >= 11 is 0. The number of benzene rings is 1. The summed E-state index contributed by atoms with van der Waals surface area (Å²) < 4.78 is 110. The molecular weight excluding hydrogens is 990 g/mol. The lowest BCUT2D eigenvalue weighted by Crippen LogP contribution is -2.62. The first-order valence-electron chi connectivity index (χ1n) is 25.0. The molecule has 1 heterocycles. The molecule has 1 saturated heterocycles. The average molecular weight is 1070 g/mol. The molecule has 0 saturated carbocycles. The van der Waals surface area contributed by atoms with Crippen LogP contribution in [0.4, 0.5) is 22.0 Å². The van der Waals surface area contributed by atoms with Gasteiger partial charge in [-0.25, -0.2) is 13.2 Å². The summed E-state index contributed by atoms with van der Waals surface area (Å²) in [6.07, 6.45) is 0.303. The molecule has 2 rings (SSSR count). The van der Waals surface area contributed by atoms with Crippen LogP contribution in [-0.4, -0.2) is 194 Å². The summed E-state index contributed by atoms with van der Waals surface area (Å²) in [5, 5.41) is 5.57. The van der Waals surface area contributed by atoms with Gasteiger partial charge in [-0.15, -0.1) is 0 Å². The van der Waals surface area contributed by atoms with Crippen LogP contribution in [0.15, 0.2) is 0 Å². The van der Waals surface area contributed by atoms with Gasteiger partial charge in [0.05, 0.1) is 116 Å². The lowest BCUT2D eigenvalue weighted by Gasteiger charge is -2.41. The molecule has 24 heteroatoms. The Morgan fingerprint density at radius 2 is 1.22 bits per heavy atom. The maximum atomic E-state index is 14.4. The van der Waals surface area contributed by atoms with Crippen molar-refractivity contribution in [3.63, 3.8) is 0 Å². The molecule has 1 aliphatic heterocycles. The van der Waals surface area contributed by atoms with E-state index in [4.69, 9.17) is 33.2 Å². The highest BCUT2D eigenvalue weighted by atomic mass is 19.2. The van der Waals surface area contributed by atoms with Crippen molar-refractivity contribution in [2.45, 2.75) is 123 Å². The number of amides is 5. The Morgan fingerprint density at radius 1 is 0.730 bits per heavy atom. The van der Waals surface area contributed by atoms with Crippen LogP contribution < -0.4 is 15.4 Å². The molecule has 424 valence electrons. The molecule has 0 radical (unpaired) electrons. The minimum absolute atomic E-state index is 0.0221. The minimum Gasteiger partial charge on any atom is -0.420 e. The second-order valence-corrected chi connectivity index (χ2v) is 18.8. The molecule has 5 amide bonds. The van der Waals surface area contributed by atoms with Crippen LogP contribution in [0, 0.1) is 46.8 Å². The largest absolute Gasteiger partial charge is 0.420 e. The number of nitrogens with one attached hydrogen (secondary N) is 2. The van der Waals surface area contributed by atoms with Crippen molar-refractivity contribution in [3.05, 3.63) is 29.1 Å². The SMILES string of the molecule is CC[C@H](C)[C@@H]([C@@H](CC(=O)N1CCC[C@H]1[C@H](OC)[C@@H](C)C(=O)NC)OC)N(C)C(=O)[C@@H](NC(=O)C(C)(C)N(C)C(=O)CCOCCOCCOCCOCCOCCC(=O)Oc1c(F)c(F)c(F)c(F)c1F)C(C)C. The predicted molar refractivity (Wildman–Crippen MR) is 259 cm³/mol. The molecular formula is C50H80F5N5O14. The Labute approximate surface area is 432 Å². The first-order chi connectivity index (χ1) is 34.9. The summed E-state index contributed by atoms with van der Waals surface area (Å²) in [7, 11) is 7.77. The highest BCUT2D eigenvalue weighted by Crippen LogP contribution is 2.31. The second-order valence-electron chi connectivity index (χ2n) is 18.8. The zero-order valence-electron chi connectivity index (χ0n) is 45.1. The monoisotopic (exact) mass is 1070 g/mol. The van der Waals surface area contributed by atoms with Crippen LogP contribution in [0.5, 0.6) is 5.75 Å². The maximum Gasteiger partial charge on any atom is 0.313 e. The molecule has 1 aromatic carbocycles. The molecule has 0 unspecified atom stereocenters. The van der Waals surface area contributed by atoms with Gasteiger partial charge in [-0.3, -0.25) is 28.8 Å². The molecule has 7 atom stereocenters. The number of ether oxygens (including phenoxy) is 8. The quantitative estimate of drug-likeness (QED) is 0.0244. The third kappa shape index (κ3) is 18.9. The normalized spacial score (nSPS) is 16.3. The Kier molecular flexibility index (Phi) is 29.0. The molecule has 19 nitrogen and oxygen atoms in total. The van der Waals surface area contributed by atoms with Gasteiger partial charge in [-0.2, -0.15) is 8.78 Å². The zero-order chi connectivity index (χ0) is 55.9. The highest BCUT2D eigenvalue weighted by molar-refractivity contribution is 5.94. The van der Waals surface area contributed by atoms with Crippen LogP contribution in [-0.2, 0) is 61.9 Å². The summed E-state index contributed by atoms with van der Waals surface area (Å²) in [6.45, 7) is 14.3. The van der Waals surface area contributed by atoms with E-state index in [-0.39, 0.29) is 120 Å². The number of likely N-dealkylation sites (tertiary alicyclic amines) is 1. The topological polar surface area (TPSA) is 210 Å². The van der Waals surface area contributed by atoms with Crippen molar-refractivity contribution in [2.24, 2.45) is 17.8 Å². The number of esters is 1. The van der Waals surface area contributed by atoms with Crippen molar-refractivity contribution in [1.82, 2.24) is 25.3 Å². The minimum atomic E-state index is -2.37. The van der Waals surface area contributed by atoms with E-state index in [1.807, 2.05) is 27.7 Å². The lowest BCUT2D eigenvalue weighted by molar-refractivity contribution is -0.150. The first-order valence-corrected chi connectivity index (χ1v) is 25.0. The number of rotatable bonds is 35. The molecule has 1 fully saturated rings. The van der Waals surface area contributed by atoms with Gasteiger partial charge >= 0.3 is 5.97 Å². The van der Waals surface area contributed by atoms with E-state index < -0.39 is 88.9 Å². The summed E-state index contributed by atoms with van der Waals surface area (Å²) in [6, 6.07) is -1.84. The van der Waals surface area contributed by atoms with Gasteiger partial charge in [0.1, 0.15) is 11.6 Å². The highest BCUT2D eigenvalue weighted by Gasteiger charge is 2.44. The van der Waals surface area contributed by atoms with Crippen molar-refractivity contribution >= 4 is 35.5 Å². The van der Waals surface area contributed by atoms with Crippen LogP contribution in [0.2, 0.25) is 0 Å². The Hall–Kier alpha value is -4.59. The zero-order valence-corrected chi connectivity index (χ0v) is 45.1. The number of nitrogens with zero attached hydrogens (tertiary/aromatic N) is 3. The number of carbonyl (C=O) groups excluding carboxylic acids is 6. The van der Waals surface area contributed by atoms with Gasteiger partial charge in [0.2, 0.25) is 64.4 Å². The van der Waals surface area contributed by atoms with E-state index in [1.165, 1.54) is 26.2 Å². The number of halogens is 5. The predicted octanol–water partition coefficient (Wildman–Crippen LogP) is 4.19. The molecule has 0 bridgehead atoms. The van der Waals surface area contributed by atoms with Crippen molar-refractivity contribution in [3.8, 4) is 5.75 Å². The van der Waals surface area contributed by atoms with Crippen LogP contribution in [0.3, 0.4) is 0 Å². The van der Waals surface area contributed by atoms with Crippen molar-refractivity contribution in [2.75, 3.05) is 108 Å². The fourth-order valence-electron chi connectivity index (χ4n) is 8.35. The fraction of sp³-hybridized carbons (Fsp3) is 0.760. The van der Waals surface area contributed by atoms with Gasteiger partial charge in [0.15, 0.2) is 0 Å². The van der Waals surface area contributed by atoms with Gasteiger partial charge in [0, 0.05) is 41.9 Å². The summed E-state index contributed by atoms with van der Waals surface area (Å²) in [5.41, 5.74) is -1.36.